The minimum absolute atomic E-state index is 0.191. The topological polar surface area (TPSA) is 89.3 Å². The van der Waals surface area contributed by atoms with Gasteiger partial charge in [-0.25, -0.2) is 4.79 Å². The van der Waals surface area contributed by atoms with E-state index in [1.807, 2.05) is 42.5 Å². The van der Waals surface area contributed by atoms with Crippen LogP contribution in [0.2, 0.25) is 0 Å². The lowest BCUT2D eigenvalue weighted by atomic mass is 10.2. The van der Waals surface area contributed by atoms with Crippen LogP contribution >= 0.6 is 43.6 Å². The first kappa shape index (κ1) is 22.3. The van der Waals surface area contributed by atoms with Crippen LogP contribution in [-0.4, -0.2) is 30.4 Å². The van der Waals surface area contributed by atoms with Crippen LogP contribution in [0, 0.1) is 0 Å². The number of ether oxygens (including phenoxy) is 2. The third kappa shape index (κ3) is 6.28. The van der Waals surface area contributed by atoms with Crippen molar-refractivity contribution in [2.75, 3.05) is 7.11 Å². The van der Waals surface area contributed by atoms with Gasteiger partial charge < -0.3 is 9.47 Å². The Bertz CT molecular complexity index is 1050. The number of hydrogen-bond donors (Lipinski definition) is 1. The van der Waals surface area contributed by atoms with Crippen molar-refractivity contribution in [3.05, 3.63) is 73.5 Å². The van der Waals surface area contributed by atoms with Gasteiger partial charge in [-0.3, -0.25) is 10.1 Å². The maximum atomic E-state index is 11.8. The van der Waals surface area contributed by atoms with Gasteiger partial charge in [-0.1, -0.05) is 44.0 Å². The number of thioether (sulfide) groups is 1. The summed E-state index contributed by atoms with van der Waals surface area (Å²) < 4.78 is 12.3. The second-order valence-corrected chi connectivity index (χ2v) is 8.70. The molecule has 2 aromatic carbocycles. The van der Waals surface area contributed by atoms with Crippen LogP contribution in [0.3, 0.4) is 0 Å². The molecule has 0 bridgehead atoms. The molecule has 1 amide bonds. The summed E-state index contributed by atoms with van der Waals surface area (Å²) in [5.41, 5.74) is 1.74. The molecule has 1 aliphatic rings. The quantitative estimate of drug-likeness (QED) is 0.248. The van der Waals surface area contributed by atoms with E-state index in [1.54, 1.807) is 0 Å². The molecule has 0 spiro atoms. The van der Waals surface area contributed by atoms with Gasteiger partial charge in [0.05, 0.1) is 18.2 Å². The molecule has 3 rings (SSSR count). The summed E-state index contributed by atoms with van der Waals surface area (Å²) in [6.45, 7) is 0.401. The summed E-state index contributed by atoms with van der Waals surface area (Å²) in [4.78, 5) is 23.3. The fraction of sp³-hybridized carbons (Fsp3) is 0.100. The lowest BCUT2D eigenvalue weighted by molar-refractivity contribution is -0.135. The predicted molar refractivity (Wildman–Crippen MR) is 123 cm³/mol. The number of benzene rings is 2. The Labute approximate surface area is 193 Å². The summed E-state index contributed by atoms with van der Waals surface area (Å²) >= 11 is 7.85. The number of hydrogen-bond acceptors (Lipinski definition) is 7. The number of carbonyl (C=O) groups excluding carboxylic acids is 2. The van der Waals surface area contributed by atoms with Gasteiger partial charge in [0.1, 0.15) is 12.4 Å². The molecule has 10 heteroatoms. The fourth-order valence-corrected chi connectivity index (χ4v) is 3.66. The van der Waals surface area contributed by atoms with Gasteiger partial charge in [-0.05, 0) is 47.7 Å². The van der Waals surface area contributed by atoms with Crippen molar-refractivity contribution in [3.63, 3.8) is 0 Å². The Morgan fingerprint density at radius 1 is 1.17 bits per heavy atom. The first-order chi connectivity index (χ1) is 14.4. The molecule has 1 saturated heterocycles. The van der Waals surface area contributed by atoms with Gasteiger partial charge >= 0.3 is 5.97 Å². The Balaban J connectivity index is 1.70. The van der Waals surface area contributed by atoms with Gasteiger partial charge in [-0.2, -0.15) is 5.10 Å². The molecule has 154 valence electrons. The van der Waals surface area contributed by atoms with Gasteiger partial charge in [-0.15, -0.1) is 5.10 Å². The second-order valence-electron chi connectivity index (χ2n) is 5.83. The molecule has 0 saturated carbocycles. The molecular formula is C20H15Br2N3O4S. The minimum Gasteiger partial charge on any atom is -0.488 e. The molecule has 1 fully saturated rings. The number of rotatable bonds is 6. The van der Waals surface area contributed by atoms with Gasteiger partial charge in [0.25, 0.3) is 5.91 Å². The SMILES string of the molecule is COC(=O)/C=C1/S/C(=N\N=Cc2cc(Br)ccc2OCc2ccc(Br)cc2)NC1=O. The van der Waals surface area contributed by atoms with E-state index in [9.17, 15) is 9.59 Å². The van der Waals surface area contributed by atoms with Crippen molar-refractivity contribution in [3.8, 4) is 5.75 Å². The molecule has 0 radical (unpaired) electrons. The number of nitrogens with one attached hydrogen (secondary N) is 1. The average molecular weight is 553 g/mol. The number of amidine groups is 1. The molecule has 1 N–H and O–H groups in total. The molecule has 1 aliphatic heterocycles. The molecule has 30 heavy (non-hydrogen) atoms. The molecule has 2 aromatic rings. The van der Waals surface area contributed by atoms with E-state index in [0.717, 1.165) is 32.3 Å². The first-order valence-corrected chi connectivity index (χ1v) is 10.9. The van der Waals surface area contributed by atoms with Crippen LogP contribution in [0.25, 0.3) is 0 Å². The number of amides is 1. The van der Waals surface area contributed by atoms with E-state index in [1.165, 1.54) is 13.3 Å². The first-order valence-electron chi connectivity index (χ1n) is 8.51. The monoisotopic (exact) mass is 551 g/mol. The molecule has 0 atom stereocenters. The molecule has 0 aromatic heterocycles. The number of methoxy groups -OCH3 is 1. The molecule has 0 aliphatic carbocycles. The number of halogens is 2. The van der Waals surface area contributed by atoms with Gasteiger partial charge in [0.15, 0.2) is 5.17 Å². The number of esters is 1. The highest BCUT2D eigenvalue weighted by Gasteiger charge is 2.25. The van der Waals surface area contributed by atoms with Crippen molar-refractivity contribution in [2.45, 2.75) is 6.61 Å². The zero-order valence-corrected chi connectivity index (χ0v) is 19.6. The standard InChI is InChI=1S/C20H15Br2N3O4S/c1-28-18(26)9-17-19(27)24-20(30-17)25-23-10-13-8-15(22)6-7-16(13)29-11-12-2-4-14(21)5-3-12/h2-10H,11H2,1H3,(H,24,25,27)/b17-9+,23-10?. The normalized spacial score (nSPS) is 16.3. The van der Waals surface area contributed by atoms with Crippen molar-refractivity contribution in [1.82, 2.24) is 5.32 Å². The van der Waals surface area contributed by atoms with Crippen LogP contribution in [-0.2, 0) is 20.9 Å². The number of carbonyl (C=O) groups is 2. The Morgan fingerprint density at radius 2 is 1.90 bits per heavy atom. The Morgan fingerprint density at radius 3 is 2.63 bits per heavy atom. The zero-order chi connectivity index (χ0) is 21.5. The maximum absolute atomic E-state index is 11.8. The zero-order valence-electron chi connectivity index (χ0n) is 15.6. The van der Waals surface area contributed by atoms with Crippen molar-refractivity contribution in [1.29, 1.82) is 0 Å². The highest BCUT2D eigenvalue weighted by molar-refractivity contribution is 9.10. The smallest absolute Gasteiger partial charge is 0.331 e. The van der Waals surface area contributed by atoms with Crippen molar-refractivity contribution < 1.29 is 19.1 Å². The summed E-state index contributed by atoms with van der Waals surface area (Å²) in [5, 5.41) is 10.8. The molecule has 1 heterocycles. The fourth-order valence-electron chi connectivity index (χ4n) is 2.28. The Kier molecular flexibility index (Phi) is 7.83. The summed E-state index contributed by atoms with van der Waals surface area (Å²) in [5.74, 6) is -0.404. The van der Waals surface area contributed by atoms with Crippen molar-refractivity contribution in [2.24, 2.45) is 10.2 Å². The minimum atomic E-state index is -0.612. The van der Waals surface area contributed by atoms with Crippen LogP contribution in [0.1, 0.15) is 11.1 Å². The second kappa shape index (κ2) is 10.6. The third-order valence-electron chi connectivity index (χ3n) is 3.73. The lowest BCUT2D eigenvalue weighted by Gasteiger charge is -2.09. The third-order valence-corrected chi connectivity index (χ3v) is 5.65. The van der Waals surface area contributed by atoms with E-state index in [4.69, 9.17) is 4.74 Å². The Hall–Kier alpha value is -2.43. The summed E-state index contributed by atoms with van der Waals surface area (Å²) in [6.07, 6.45) is 2.64. The maximum Gasteiger partial charge on any atom is 0.331 e. The van der Waals surface area contributed by atoms with E-state index < -0.39 is 11.9 Å². The van der Waals surface area contributed by atoms with E-state index >= 15 is 0 Å². The predicted octanol–water partition coefficient (Wildman–Crippen LogP) is 4.40. The highest BCUT2D eigenvalue weighted by atomic mass is 79.9. The van der Waals surface area contributed by atoms with Crippen LogP contribution in [0.15, 0.2) is 72.6 Å². The van der Waals surface area contributed by atoms with Crippen molar-refractivity contribution >= 4 is 66.9 Å². The van der Waals surface area contributed by atoms with Gasteiger partial charge in [0.2, 0.25) is 0 Å². The van der Waals surface area contributed by atoms with Crippen LogP contribution in [0.4, 0.5) is 0 Å². The van der Waals surface area contributed by atoms with Crippen LogP contribution in [0.5, 0.6) is 5.75 Å². The van der Waals surface area contributed by atoms with Gasteiger partial charge in [0, 0.05) is 20.6 Å². The molecule has 0 unspecified atom stereocenters. The highest BCUT2D eigenvalue weighted by Crippen LogP contribution is 2.25. The average Bonchev–Trinajstić information content (AvgIpc) is 3.07. The molecular weight excluding hydrogens is 538 g/mol. The summed E-state index contributed by atoms with van der Waals surface area (Å²) in [6, 6.07) is 13.4. The molecule has 7 nitrogen and oxygen atoms in total. The lowest BCUT2D eigenvalue weighted by Crippen LogP contribution is -2.19. The largest absolute Gasteiger partial charge is 0.488 e. The van der Waals surface area contributed by atoms with Crippen LogP contribution < -0.4 is 10.1 Å². The number of nitrogens with zero attached hydrogens (tertiary/aromatic N) is 2. The van der Waals surface area contributed by atoms with E-state index in [-0.39, 0.29) is 10.1 Å². The van der Waals surface area contributed by atoms with E-state index in [2.05, 4.69) is 52.1 Å². The van der Waals surface area contributed by atoms with E-state index in [0.29, 0.717) is 17.9 Å². The summed E-state index contributed by atoms with van der Waals surface area (Å²) in [7, 11) is 1.24.